The summed E-state index contributed by atoms with van der Waals surface area (Å²) < 4.78 is 35.6. The standard InChI is InChI=1S/C19H16F2N4O5/c1-29-17-10-12(2-7-16(17)30-19(20)21)11-22-18(26)15-8-9-24(23-15)13-3-5-14(6-4-13)25(27)28/h2-10,19H,11H2,1H3,(H,22,26). The van der Waals surface area contributed by atoms with E-state index in [0.717, 1.165) is 0 Å². The summed E-state index contributed by atoms with van der Waals surface area (Å²) in [5, 5.41) is 17.5. The fourth-order valence-corrected chi connectivity index (χ4v) is 2.60. The van der Waals surface area contributed by atoms with Crippen molar-refractivity contribution in [3.05, 3.63) is 76.1 Å². The van der Waals surface area contributed by atoms with Gasteiger partial charge in [-0.2, -0.15) is 13.9 Å². The van der Waals surface area contributed by atoms with Crippen LogP contribution in [0.2, 0.25) is 0 Å². The van der Waals surface area contributed by atoms with Crippen LogP contribution in [0, 0.1) is 10.1 Å². The molecule has 0 bridgehead atoms. The number of nitrogens with zero attached hydrogens (tertiary/aromatic N) is 3. The lowest BCUT2D eigenvalue weighted by molar-refractivity contribution is -0.384. The van der Waals surface area contributed by atoms with Crippen molar-refractivity contribution >= 4 is 11.6 Å². The lowest BCUT2D eigenvalue weighted by atomic mass is 10.2. The van der Waals surface area contributed by atoms with Crippen molar-refractivity contribution in [2.75, 3.05) is 7.11 Å². The summed E-state index contributed by atoms with van der Waals surface area (Å²) in [6, 6.07) is 11.5. The fourth-order valence-electron chi connectivity index (χ4n) is 2.60. The van der Waals surface area contributed by atoms with Crippen molar-refractivity contribution in [3.63, 3.8) is 0 Å². The summed E-state index contributed by atoms with van der Waals surface area (Å²) in [4.78, 5) is 22.6. The van der Waals surface area contributed by atoms with Gasteiger partial charge in [-0.25, -0.2) is 4.68 Å². The number of methoxy groups -OCH3 is 1. The molecule has 2 aromatic carbocycles. The number of aromatic nitrogens is 2. The van der Waals surface area contributed by atoms with Crippen molar-refractivity contribution in [1.82, 2.24) is 15.1 Å². The number of carbonyl (C=O) groups excluding carboxylic acids is 1. The molecule has 30 heavy (non-hydrogen) atoms. The van der Waals surface area contributed by atoms with E-state index in [1.807, 2.05) is 0 Å². The van der Waals surface area contributed by atoms with Crippen LogP contribution < -0.4 is 14.8 Å². The second kappa shape index (κ2) is 8.99. The number of ether oxygens (including phenoxy) is 2. The number of nitrogens with one attached hydrogen (secondary N) is 1. The van der Waals surface area contributed by atoms with E-state index in [-0.39, 0.29) is 29.4 Å². The van der Waals surface area contributed by atoms with Gasteiger partial charge in [0.05, 0.1) is 17.7 Å². The molecule has 0 aliphatic heterocycles. The number of halogens is 2. The molecule has 3 rings (SSSR count). The molecule has 0 fully saturated rings. The van der Waals surface area contributed by atoms with Crippen LogP contribution in [0.25, 0.3) is 5.69 Å². The van der Waals surface area contributed by atoms with Gasteiger partial charge in [0, 0.05) is 24.9 Å². The molecule has 1 heterocycles. The molecular formula is C19H16F2N4O5. The maximum Gasteiger partial charge on any atom is 0.387 e. The predicted octanol–water partition coefficient (Wildman–Crippen LogP) is 3.32. The number of benzene rings is 2. The van der Waals surface area contributed by atoms with E-state index in [2.05, 4.69) is 15.2 Å². The van der Waals surface area contributed by atoms with E-state index in [1.165, 1.54) is 60.3 Å². The van der Waals surface area contributed by atoms with Crippen molar-refractivity contribution in [2.24, 2.45) is 0 Å². The molecule has 0 aliphatic rings. The Kier molecular flexibility index (Phi) is 6.20. The summed E-state index contributed by atoms with van der Waals surface area (Å²) >= 11 is 0. The van der Waals surface area contributed by atoms with Crippen molar-refractivity contribution in [3.8, 4) is 17.2 Å². The fraction of sp³-hybridized carbons (Fsp3) is 0.158. The molecule has 3 aromatic rings. The first-order chi connectivity index (χ1) is 14.4. The van der Waals surface area contributed by atoms with Crippen LogP contribution in [0.4, 0.5) is 14.5 Å². The number of rotatable bonds is 8. The molecule has 0 spiro atoms. The Labute approximate surface area is 169 Å². The molecule has 9 nitrogen and oxygen atoms in total. The summed E-state index contributed by atoms with van der Waals surface area (Å²) in [7, 11) is 1.32. The van der Waals surface area contributed by atoms with E-state index < -0.39 is 17.4 Å². The molecule has 0 radical (unpaired) electrons. The van der Waals surface area contributed by atoms with Crippen LogP contribution in [0.3, 0.4) is 0 Å². The normalized spacial score (nSPS) is 10.7. The van der Waals surface area contributed by atoms with Gasteiger partial charge in [0.2, 0.25) is 0 Å². The van der Waals surface area contributed by atoms with E-state index in [4.69, 9.17) is 4.74 Å². The average Bonchev–Trinajstić information content (AvgIpc) is 3.23. The van der Waals surface area contributed by atoms with Crippen molar-refractivity contribution in [1.29, 1.82) is 0 Å². The van der Waals surface area contributed by atoms with Gasteiger partial charge in [-0.3, -0.25) is 14.9 Å². The minimum Gasteiger partial charge on any atom is -0.493 e. The first kappa shape index (κ1) is 20.7. The third-order valence-corrected chi connectivity index (χ3v) is 4.04. The van der Waals surface area contributed by atoms with Crippen LogP contribution in [-0.4, -0.2) is 34.3 Å². The lowest BCUT2D eigenvalue weighted by Crippen LogP contribution is -2.23. The summed E-state index contributed by atoms with van der Waals surface area (Å²) in [5.41, 5.74) is 1.25. The Balaban J connectivity index is 1.65. The van der Waals surface area contributed by atoms with Crippen LogP contribution >= 0.6 is 0 Å². The molecule has 0 aliphatic carbocycles. The number of nitro benzene ring substituents is 1. The zero-order valence-corrected chi connectivity index (χ0v) is 15.6. The highest BCUT2D eigenvalue weighted by atomic mass is 19.3. The quantitative estimate of drug-likeness (QED) is 0.444. The maximum absolute atomic E-state index is 12.4. The Morgan fingerprint density at radius 2 is 1.93 bits per heavy atom. The minimum absolute atomic E-state index is 0.0516. The third-order valence-electron chi connectivity index (χ3n) is 4.04. The van der Waals surface area contributed by atoms with E-state index in [0.29, 0.717) is 11.3 Å². The number of amides is 1. The van der Waals surface area contributed by atoms with Gasteiger partial charge >= 0.3 is 6.61 Å². The van der Waals surface area contributed by atoms with E-state index in [9.17, 15) is 23.7 Å². The Morgan fingerprint density at radius 1 is 1.20 bits per heavy atom. The molecule has 0 unspecified atom stereocenters. The highest BCUT2D eigenvalue weighted by molar-refractivity contribution is 5.92. The zero-order valence-electron chi connectivity index (χ0n) is 15.6. The van der Waals surface area contributed by atoms with Gasteiger partial charge in [-0.05, 0) is 35.9 Å². The predicted molar refractivity (Wildman–Crippen MR) is 101 cm³/mol. The molecule has 156 valence electrons. The van der Waals surface area contributed by atoms with E-state index >= 15 is 0 Å². The second-order valence-electron chi connectivity index (χ2n) is 5.97. The van der Waals surface area contributed by atoms with Crippen molar-refractivity contribution < 1.29 is 28.0 Å². The average molecular weight is 418 g/mol. The van der Waals surface area contributed by atoms with Gasteiger partial charge in [0.25, 0.3) is 11.6 Å². The van der Waals surface area contributed by atoms with Gasteiger partial charge in [0.15, 0.2) is 17.2 Å². The first-order valence-corrected chi connectivity index (χ1v) is 8.58. The van der Waals surface area contributed by atoms with Crippen LogP contribution in [0.15, 0.2) is 54.7 Å². The van der Waals surface area contributed by atoms with E-state index in [1.54, 1.807) is 6.20 Å². The molecule has 0 atom stereocenters. The largest absolute Gasteiger partial charge is 0.493 e. The van der Waals surface area contributed by atoms with Gasteiger partial charge < -0.3 is 14.8 Å². The molecule has 0 saturated carbocycles. The van der Waals surface area contributed by atoms with Crippen LogP contribution in [-0.2, 0) is 6.54 Å². The molecule has 1 amide bonds. The van der Waals surface area contributed by atoms with Gasteiger partial charge in [0.1, 0.15) is 0 Å². The number of nitro groups is 1. The SMILES string of the molecule is COc1cc(CNC(=O)c2ccn(-c3ccc([N+](=O)[O-])cc3)n2)ccc1OC(F)F. The Bertz CT molecular complexity index is 1050. The number of alkyl halides is 2. The van der Waals surface area contributed by atoms with Crippen LogP contribution in [0.5, 0.6) is 11.5 Å². The smallest absolute Gasteiger partial charge is 0.387 e. The number of carbonyl (C=O) groups is 1. The molecule has 1 N–H and O–H groups in total. The maximum atomic E-state index is 12.4. The second-order valence-corrected chi connectivity index (χ2v) is 5.97. The van der Waals surface area contributed by atoms with Gasteiger partial charge in [-0.1, -0.05) is 6.07 Å². The minimum atomic E-state index is -2.98. The summed E-state index contributed by atoms with van der Waals surface area (Å²) in [6.07, 6.45) is 1.55. The highest BCUT2D eigenvalue weighted by Gasteiger charge is 2.14. The lowest BCUT2D eigenvalue weighted by Gasteiger charge is -2.11. The van der Waals surface area contributed by atoms with Gasteiger partial charge in [-0.15, -0.1) is 0 Å². The number of hydrogen-bond donors (Lipinski definition) is 1. The molecule has 11 heteroatoms. The van der Waals surface area contributed by atoms with Crippen LogP contribution in [0.1, 0.15) is 16.1 Å². The molecular weight excluding hydrogens is 402 g/mol. The Hall–Kier alpha value is -4.02. The number of non-ortho nitro benzene ring substituents is 1. The molecule has 0 saturated heterocycles. The Morgan fingerprint density at radius 3 is 2.57 bits per heavy atom. The first-order valence-electron chi connectivity index (χ1n) is 8.58. The topological polar surface area (TPSA) is 109 Å². The third kappa shape index (κ3) is 4.87. The zero-order chi connectivity index (χ0) is 21.7. The summed E-state index contributed by atoms with van der Waals surface area (Å²) in [5.74, 6) is -0.448. The number of hydrogen-bond acceptors (Lipinski definition) is 6. The molecule has 1 aromatic heterocycles. The summed E-state index contributed by atoms with van der Waals surface area (Å²) in [6.45, 7) is -2.87. The highest BCUT2D eigenvalue weighted by Crippen LogP contribution is 2.29. The van der Waals surface area contributed by atoms with Crippen molar-refractivity contribution in [2.45, 2.75) is 13.2 Å². The monoisotopic (exact) mass is 418 g/mol.